The van der Waals surface area contributed by atoms with E-state index in [9.17, 15) is 9.90 Å². The van der Waals surface area contributed by atoms with Crippen molar-refractivity contribution >= 4 is 17.2 Å². The number of thiophene rings is 1. The topological polar surface area (TPSA) is 71.5 Å². The number of benzene rings is 1. The molecule has 184 valence electrons. The van der Waals surface area contributed by atoms with Crippen LogP contribution in [0.25, 0.3) is 0 Å². The molecule has 0 saturated carbocycles. The average Bonchev–Trinajstić information content (AvgIpc) is 3.31. The number of aryl methyl sites for hydroxylation is 1. The fourth-order valence-corrected chi connectivity index (χ4v) is 4.95. The summed E-state index contributed by atoms with van der Waals surface area (Å²) < 4.78 is 16.6. The van der Waals surface area contributed by atoms with Crippen molar-refractivity contribution in [3.8, 4) is 18.1 Å². The van der Waals surface area contributed by atoms with Crippen molar-refractivity contribution in [1.82, 2.24) is 9.80 Å². The zero-order valence-corrected chi connectivity index (χ0v) is 20.8. The standard InChI is InChI=1S/C26H34N2O5S/c1-4-13-32-18-21(29)16-27(12-14-31-3)17-26(30)28-11-9-25-23(10-15-34-25)24(28)19-33-22-7-5-20(2)6-8-22/h1,5-8,10,15,21,24,29H,9,11-14,16-19H2,2-3H3/t21-,24+/m1/s1. The van der Waals surface area contributed by atoms with Gasteiger partial charge in [0.15, 0.2) is 0 Å². The molecule has 0 spiro atoms. The number of ether oxygens (including phenoxy) is 3. The van der Waals surface area contributed by atoms with Crippen molar-refractivity contribution in [2.45, 2.75) is 25.5 Å². The molecule has 2 heterocycles. The second-order valence-corrected chi connectivity index (χ2v) is 9.38. The number of nitrogens with zero attached hydrogens (tertiary/aromatic N) is 2. The van der Waals surface area contributed by atoms with Gasteiger partial charge in [-0.3, -0.25) is 9.69 Å². The highest BCUT2D eigenvalue weighted by atomic mass is 32.1. The molecule has 2 aromatic rings. The van der Waals surface area contributed by atoms with Crippen LogP contribution in [0.1, 0.15) is 22.0 Å². The molecule has 0 bridgehead atoms. The molecule has 0 aliphatic carbocycles. The Balaban J connectivity index is 1.67. The van der Waals surface area contributed by atoms with Gasteiger partial charge in [-0.25, -0.2) is 0 Å². The number of aliphatic hydroxyl groups is 1. The molecule has 34 heavy (non-hydrogen) atoms. The molecular weight excluding hydrogens is 452 g/mol. The van der Waals surface area contributed by atoms with Gasteiger partial charge in [0, 0.05) is 31.6 Å². The van der Waals surface area contributed by atoms with Crippen molar-refractivity contribution in [2.24, 2.45) is 0 Å². The number of rotatable bonds is 13. The second-order valence-electron chi connectivity index (χ2n) is 8.38. The maximum absolute atomic E-state index is 13.5. The van der Waals surface area contributed by atoms with E-state index in [1.165, 1.54) is 10.4 Å². The van der Waals surface area contributed by atoms with E-state index in [1.807, 2.05) is 41.0 Å². The van der Waals surface area contributed by atoms with Gasteiger partial charge in [-0.1, -0.05) is 23.6 Å². The average molecular weight is 487 g/mol. The van der Waals surface area contributed by atoms with Gasteiger partial charge in [0.1, 0.15) is 19.0 Å². The summed E-state index contributed by atoms with van der Waals surface area (Å²) in [5.74, 6) is 3.18. The monoisotopic (exact) mass is 486 g/mol. The third-order valence-corrected chi connectivity index (χ3v) is 6.78. The molecule has 3 rings (SSSR count). The van der Waals surface area contributed by atoms with E-state index < -0.39 is 6.10 Å². The Morgan fingerprint density at radius 2 is 2.15 bits per heavy atom. The summed E-state index contributed by atoms with van der Waals surface area (Å²) in [5, 5.41) is 12.4. The lowest BCUT2D eigenvalue weighted by Gasteiger charge is -2.37. The lowest BCUT2D eigenvalue weighted by atomic mass is 10.0. The lowest BCUT2D eigenvalue weighted by Crippen LogP contribution is -2.48. The molecule has 7 nitrogen and oxygen atoms in total. The van der Waals surface area contributed by atoms with E-state index in [0.29, 0.717) is 32.8 Å². The molecule has 0 radical (unpaired) electrons. The first-order valence-corrected chi connectivity index (χ1v) is 12.4. The van der Waals surface area contributed by atoms with Crippen LogP contribution in [0.3, 0.4) is 0 Å². The summed E-state index contributed by atoms with van der Waals surface area (Å²) in [6.45, 7) is 4.79. The van der Waals surface area contributed by atoms with E-state index in [2.05, 4.69) is 17.4 Å². The number of fused-ring (bicyclic) bond motifs is 1. The van der Waals surface area contributed by atoms with Crippen LogP contribution in [0.4, 0.5) is 0 Å². The molecule has 1 amide bonds. The van der Waals surface area contributed by atoms with E-state index in [-0.39, 0.29) is 31.7 Å². The summed E-state index contributed by atoms with van der Waals surface area (Å²) in [5.41, 5.74) is 2.33. The number of aliphatic hydroxyl groups excluding tert-OH is 1. The molecular formula is C26H34N2O5S. The number of amides is 1. The molecule has 1 aromatic carbocycles. The highest BCUT2D eigenvalue weighted by Crippen LogP contribution is 2.34. The molecule has 1 aromatic heterocycles. The Labute approximate surface area is 206 Å². The fraction of sp³-hybridized carbons (Fsp3) is 0.500. The molecule has 0 saturated heterocycles. The van der Waals surface area contributed by atoms with Crippen LogP contribution in [0.5, 0.6) is 5.75 Å². The van der Waals surface area contributed by atoms with Crippen LogP contribution in [0.2, 0.25) is 0 Å². The first-order chi connectivity index (χ1) is 16.5. The van der Waals surface area contributed by atoms with Gasteiger partial charge in [-0.2, -0.15) is 0 Å². The maximum atomic E-state index is 13.5. The Hall–Kier alpha value is -2.41. The lowest BCUT2D eigenvalue weighted by molar-refractivity contribution is -0.136. The number of hydrogen-bond acceptors (Lipinski definition) is 7. The molecule has 8 heteroatoms. The quantitative estimate of drug-likeness (QED) is 0.347. The number of terminal acetylenes is 1. The summed E-state index contributed by atoms with van der Waals surface area (Å²) in [6, 6.07) is 9.88. The number of methoxy groups -OCH3 is 1. The van der Waals surface area contributed by atoms with Crippen LogP contribution in [0.15, 0.2) is 35.7 Å². The van der Waals surface area contributed by atoms with Crippen LogP contribution < -0.4 is 4.74 Å². The molecule has 2 atom stereocenters. The Morgan fingerprint density at radius 1 is 1.35 bits per heavy atom. The number of carbonyl (C=O) groups is 1. The summed E-state index contributed by atoms with van der Waals surface area (Å²) in [4.78, 5) is 18.6. The van der Waals surface area contributed by atoms with E-state index in [4.69, 9.17) is 20.6 Å². The smallest absolute Gasteiger partial charge is 0.237 e. The van der Waals surface area contributed by atoms with Gasteiger partial charge in [0.25, 0.3) is 0 Å². The van der Waals surface area contributed by atoms with E-state index >= 15 is 0 Å². The van der Waals surface area contributed by atoms with Crippen molar-refractivity contribution in [3.05, 3.63) is 51.7 Å². The third-order valence-electron chi connectivity index (χ3n) is 5.78. The summed E-state index contributed by atoms with van der Waals surface area (Å²) in [6.07, 6.45) is 5.28. The minimum Gasteiger partial charge on any atom is -0.491 e. The second kappa shape index (κ2) is 13.5. The zero-order valence-electron chi connectivity index (χ0n) is 19.9. The predicted octanol–water partition coefficient (Wildman–Crippen LogP) is 2.52. The van der Waals surface area contributed by atoms with Crippen molar-refractivity contribution in [1.29, 1.82) is 0 Å². The van der Waals surface area contributed by atoms with Crippen LogP contribution in [-0.2, 0) is 20.7 Å². The van der Waals surface area contributed by atoms with Crippen LogP contribution in [0, 0.1) is 19.3 Å². The van der Waals surface area contributed by atoms with Gasteiger partial charge in [-0.05, 0) is 42.5 Å². The maximum Gasteiger partial charge on any atom is 0.237 e. The van der Waals surface area contributed by atoms with Crippen molar-refractivity contribution < 1.29 is 24.1 Å². The molecule has 0 unspecified atom stereocenters. The summed E-state index contributed by atoms with van der Waals surface area (Å²) >= 11 is 1.73. The first kappa shape index (κ1) is 26.2. The van der Waals surface area contributed by atoms with Gasteiger partial charge in [0.2, 0.25) is 5.91 Å². The molecule has 0 fully saturated rings. The van der Waals surface area contributed by atoms with Crippen molar-refractivity contribution in [3.63, 3.8) is 0 Å². The normalized spacial score (nSPS) is 16.2. The van der Waals surface area contributed by atoms with Gasteiger partial charge < -0.3 is 24.2 Å². The van der Waals surface area contributed by atoms with Gasteiger partial charge in [-0.15, -0.1) is 17.8 Å². The number of hydrogen-bond donors (Lipinski definition) is 1. The molecule has 1 aliphatic rings. The van der Waals surface area contributed by atoms with E-state index in [1.54, 1.807) is 18.4 Å². The highest BCUT2D eigenvalue weighted by Gasteiger charge is 2.33. The van der Waals surface area contributed by atoms with Crippen LogP contribution in [-0.4, -0.2) is 86.6 Å². The third kappa shape index (κ3) is 7.55. The van der Waals surface area contributed by atoms with E-state index in [0.717, 1.165) is 17.7 Å². The van der Waals surface area contributed by atoms with Crippen LogP contribution >= 0.6 is 11.3 Å². The Bertz CT molecular complexity index is 939. The first-order valence-electron chi connectivity index (χ1n) is 11.5. The SMILES string of the molecule is C#CCOC[C@H](O)CN(CCOC)CC(=O)N1CCc2sccc2[C@@H]1COc1ccc(C)cc1. The molecule has 1 aliphatic heterocycles. The highest BCUT2D eigenvalue weighted by molar-refractivity contribution is 7.10. The van der Waals surface area contributed by atoms with Gasteiger partial charge in [0.05, 0.1) is 31.9 Å². The minimum atomic E-state index is -0.747. The Morgan fingerprint density at radius 3 is 2.88 bits per heavy atom. The fourth-order valence-electron chi connectivity index (χ4n) is 4.03. The minimum absolute atomic E-state index is 0.00204. The largest absolute Gasteiger partial charge is 0.491 e. The van der Waals surface area contributed by atoms with Gasteiger partial charge >= 0.3 is 0 Å². The predicted molar refractivity (Wildman–Crippen MR) is 133 cm³/mol. The molecule has 1 N–H and O–H groups in total. The number of carbonyl (C=O) groups excluding carboxylic acids is 1. The van der Waals surface area contributed by atoms with Crippen molar-refractivity contribution in [2.75, 3.05) is 59.7 Å². The zero-order chi connectivity index (χ0) is 24.3. The summed E-state index contributed by atoms with van der Waals surface area (Å²) in [7, 11) is 1.62. The Kier molecular flexibility index (Phi) is 10.4.